The third-order valence-corrected chi connectivity index (χ3v) is 2.49. The molecule has 18 heavy (non-hydrogen) atoms. The van der Waals surface area contributed by atoms with E-state index in [0.717, 1.165) is 11.3 Å². The number of hydrogen-bond donors (Lipinski definition) is 0. The lowest BCUT2D eigenvalue weighted by atomic mass is 10.1. The van der Waals surface area contributed by atoms with E-state index in [1.54, 1.807) is 36.4 Å². The molecule has 2 aromatic rings. The van der Waals surface area contributed by atoms with Crippen LogP contribution in [0, 0.1) is 11.3 Å². The van der Waals surface area contributed by atoms with E-state index in [2.05, 4.69) is 9.72 Å². The third kappa shape index (κ3) is 2.36. The first-order chi connectivity index (χ1) is 8.74. The highest BCUT2D eigenvalue weighted by atomic mass is 16.5. The average Bonchev–Trinajstić information content (AvgIpc) is 2.47. The molecule has 0 unspecified atom stereocenters. The Hall–Kier alpha value is -2.67. The summed E-state index contributed by atoms with van der Waals surface area (Å²) in [4.78, 5) is 15.4. The molecule has 0 N–H and O–H groups in total. The van der Waals surface area contributed by atoms with E-state index in [4.69, 9.17) is 5.26 Å². The second-order valence-electron chi connectivity index (χ2n) is 3.61. The van der Waals surface area contributed by atoms with Crippen molar-refractivity contribution in [2.24, 2.45) is 0 Å². The lowest BCUT2D eigenvalue weighted by Crippen LogP contribution is -2.00. The maximum Gasteiger partial charge on any atom is 0.337 e. The highest BCUT2D eigenvalue weighted by Crippen LogP contribution is 2.17. The molecular weight excluding hydrogens is 228 g/mol. The van der Waals surface area contributed by atoms with Gasteiger partial charge in [-0.15, -0.1) is 0 Å². The molecule has 4 heteroatoms. The van der Waals surface area contributed by atoms with Gasteiger partial charge in [-0.05, 0) is 24.3 Å². The summed E-state index contributed by atoms with van der Waals surface area (Å²) in [6.07, 6.45) is 1.52. The first-order valence-corrected chi connectivity index (χ1v) is 5.29. The van der Waals surface area contributed by atoms with Crippen molar-refractivity contribution < 1.29 is 9.53 Å². The number of methoxy groups -OCH3 is 1. The van der Waals surface area contributed by atoms with Crippen molar-refractivity contribution in [2.75, 3.05) is 7.11 Å². The fraction of sp³-hybridized carbons (Fsp3) is 0.0714. The van der Waals surface area contributed by atoms with Crippen LogP contribution in [0.15, 0.2) is 42.6 Å². The van der Waals surface area contributed by atoms with Crippen LogP contribution in [0.1, 0.15) is 15.9 Å². The number of benzene rings is 1. The molecule has 0 spiro atoms. The summed E-state index contributed by atoms with van der Waals surface area (Å²) in [7, 11) is 1.35. The number of hydrogen-bond acceptors (Lipinski definition) is 4. The summed E-state index contributed by atoms with van der Waals surface area (Å²) in [6.45, 7) is 0. The summed E-state index contributed by atoms with van der Waals surface area (Å²) in [5, 5.41) is 8.68. The fourth-order valence-corrected chi connectivity index (χ4v) is 1.53. The predicted molar refractivity (Wildman–Crippen MR) is 65.7 cm³/mol. The maximum atomic E-state index is 11.3. The summed E-state index contributed by atoms with van der Waals surface area (Å²) < 4.78 is 4.62. The topological polar surface area (TPSA) is 63.0 Å². The molecule has 1 aromatic carbocycles. The molecule has 0 amide bonds. The molecule has 1 heterocycles. The molecule has 0 radical (unpaired) electrons. The number of ether oxygens (including phenoxy) is 1. The summed E-state index contributed by atoms with van der Waals surface area (Å²) in [5.74, 6) is -0.366. The Morgan fingerprint density at radius 1 is 1.22 bits per heavy atom. The average molecular weight is 238 g/mol. The molecule has 0 saturated carbocycles. The Kier molecular flexibility index (Phi) is 3.35. The van der Waals surface area contributed by atoms with Gasteiger partial charge in [0.05, 0.1) is 23.9 Å². The molecule has 0 aliphatic rings. The predicted octanol–water partition coefficient (Wildman–Crippen LogP) is 2.41. The van der Waals surface area contributed by atoms with E-state index in [0.29, 0.717) is 11.1 Å². The Bertz CT molecular complexity index is 595. The molecule has 4 nitrogen and oxygen atoms in total. The number of carbonyl (C=O) groups excluding carboxylic acids is 1. The zero-order chi connectivity index (χ0) is 13.0. The van der Waals surface area contributed by atoms with Crippen LogP contribution in [-0.2, 0) is 4.74 Å². The van der Waals surface area contributed by atoms with Crippen molar-refractivity contribution in [3.05, 3.63) is 53.7 Å². The van der Waals surface area contributed by atoms with Crippen molar-refractivity contribution in [1.29, 1.82) is 5.26 Å². The lowest BCUT2D eigenvalue weighted by molar-refractivity contribution is 0.0601. The van der Waals surface area contributed by atoms with Gasteiger partial charge in [-0.2, -0.15) is 5.26 Å². The second kappa shape index (κ2) is 5.11. The quantitative estimate of drug-likeness (QED) is 0.753. The van der Waals surface area contributed by atoms with Gasteiger partial charge in [0.15, 0.2) is 0 Å². The molecule has 0 aliphatic heterocycles. The van der Waals surface area contributed by atoms with E-state index in [-0.39, 0.29) is 5.97 Å². The normalized spacial score (nSPS) is 9.56. The maximum absolute atomic E-state index is 11.3. The van der Waals surface area contributed by atoms with Crippen molar-refractivity contribution in [1.82, 2.24) is 4.98 Å². The van der Waals surface area contributed by atoms with E-state index in [1.165, 1.54) is 13.3 Å². The number of nitriles is 1. The van der Waals surface area contributed by atoms with Crippen molar-refractivity contribution >= 4 is 5.97 Å². The number of nitrogens with zero attached hydrogens (tertiary/aromatic N) is 2. The Balaban J connectivity index is 2.29. The second-order valence-corrected chi connectivity index (χ2v) is 3.61. The first-order valence-electron chi connectivity index (χ1n) is 5.29. The summed E-state index contributed by atoms with van der Waals surface area (Å²) in [5.41, 5.74) is 2.65. The largest absolute Gasteiger partial charge is 0.465 e. The van der Waals surface area contributed by atoms with Gasteiger partial charge >= 0.3 is 5.97 Å². The summed E-state index contributed by atoms with van der Waals surface area (Å²) >= 11 is 0. The molecule has 88 valence electrons. The van der Waals surface area contributed by atoms with Crippen molar-refractivity contribution in [3.63, 3.8) is 0 Å². The van der Waals surface area contributed by atoms with Gasteiger partial charge < -0.3 is 4.74 Å². The standard InChI is InChI=1S/C14H10N2O2/c1-18-14(17)12-5-3-11(4-6-12)13-7-2-10(8-15)9-16-13/h2-7,9H,1H3. The molecule has 0 fully saturated rings. The number of esters is 1. The fourth-order valence-electron chi connectivity index (χ4n) is 1.53. The van der Waals surface area contributed by atoms with Gasteiger partial charge in [0.25, 0.3) is 0 Å². The van der Waals surface area contributed by atoms with Crippen LogP contribution < -0.4 is 0 Å². The minimum absolute atomic E-state index is 0.366. The van der Waals surface area contributed by atoms with Crippen molar-refractivity contribution in [3.8, 4) is 17.3 Å². The molecule has 0 saturated heterocycles. The number of aromatic nitrogens is 1. The van der Waals surface area contributed by atoms with Crippen LogP contribution in [0.4, 0.5) is 0 Å². The zero-order valence-electron chi connectivity index (χ0n) is 9.75. The monoisotopic (exact) mass is 238 g/mol. The van der Waals surface area contributed by atoms with E-state index < -0.39 is 0 Å². The smallest absolute Gasteiger partial charge is 0.337 e. The third-order valence-electron chi connectivity index (χ3n) is 2.49. The zero-order valence-corrected chi connectivity index (χ0v) is 9.75. The van der Waals surface area contributed by atoms with Crippen LogP contribution in [-0.4, -0.2) is 18.1 Å². The number of pyridine rings is 1. The van der Waals surface area contributed by atoms with Gasteiger partial charge in [-0.3, -0.25) is 4.98 Å². The lowest BCUT2D eigenvalue weighted by Gasteiger charge is -2.02. The van der Waals surface area contributed by atoms with Gasteiger partial charge in [0.2, 0.25) is 0 Å². The van der Waals surface area contributed by atoms with Gasteiger partial charge in [-0.1, -0.05) is 12.1 Å². The van der Waals surface area contributed by atoms with Crippen LogP contribution in [0.5, 0.6) is 0 Å². The SMILES string of the molecule is COC(=O)c1ccc(-c2ccc(C#N)cn2)cc1. The highest BCUT2D eigenvalue weighted by molar-refractivity contribution is 5.89. The van der Waals surface area contributed by atoms with E-state index >= 15 is 0 Å². The number of carbonyl (C=O) groups is 1. The Morgan fingerprint density at radius 2 is 1.94 bits per heavy atom. The highest BCUT2D eigenvalue weighted by Gasteiger charge is 2.05. The minimum atomic E-state index is -0.366. The minimum Gasteiger partial charge on any atom is -0.465 e. The van der Waals surface area contributed by atoms with Crippen molar-refractivity contribution in [2.45, 2.75) is 0 Å². The molecule has 0 atom stereocenters. The van der Waals surface area contributed by atoms with Crippen LogP contribution in [0.2, 0.25) is 0 Å². The molecule has 1 aromatic heterocycles. The summed E-state index contributed by atoms with van der Waals surface area (Å²) in [6, 6.07) is 12.4. The Labute approximate surface area is 104 Å². The molecule has 0 aliphatic carbocycles. The van der Waals surface area contributed by atoms with E-state index in [9.17, 15) is 4.79 Å². The van der Waals surface area contributed by atoms with Crippen LogP contribution >= 0.6 is 0 Å². The van der Waals surface area contributed by atoms with Gasteiger partial charge in [0.1, 0.15) is 6.07 Å². The van der Waals surface area contributed by atoms with E-state index in [1.807, 2.05) is 6.07 Å². The van der Waals surface area contributed by atoms with Crippen LogP contribution in [0.25, 0.3) is 11.3 Å². The molecule has 2 rings (SSSR count). The van der Waals surface area contributed by atoms with Crippen LogP contribution in [0.3, 0.4) is 0 Å². The number of rotatable bonds is 2. The first kappa shape index (κ1) is 11.8. The molecular formula is C14H10N2O2. The van der Waals surface area contributed by atoms with Gasteiger partial charge in [-0.25, -0.2) is 4.79 Å². The molecule has 0 bridgehead atoms. The van der Waals surface area contributed by atoms with Gasteiger partial charge in [0, 0.05) is 11.8 Å². The Morgan fingerprint density at radius 3 is 2.44 bits per heavy atom.